The van der Waals surface area contributed by atoms with Crippen LogP contribution in [0.1, 0.15) is 52.4 Å². The van der Waals surface area contributed by atoms with Crippen LogP contribution in [0.2, 0.25) is 0 Å². The van der Waals surface area contributed by atoms with E-state index in [-0.39, 0.29) is 17.7 Å². The summed E-state index contributed by atoms with van der Waals surface area (Å²) in [7, 11) is 0. The molecule has 1 atom stereocenters. The summed E-state index contributed by atoms with van der Waals surface area (Å²) in [5, 5.41) is 3.41. The van der Waals surface area contributed by atoms with E-state index in [1.165, 1.54) is 0 Å². The lowest BCUT2D eigenvalue weighted by Gasteiger charge is -2.38. The highest BCUT2D eigenvalue weighted by atomic mass is 16.2. The maximum absolute atomic E-state index is 12.8. The first-order valence-corrected chi connectivity index (χ1v) is 9.43. The van der Waals surface area contributed by atoms with E-state index in [0.29, 0.717) is 18.9 Å². The van der Waals surface area contributed by atoms with Crippen LogP contribution in [0.25, 0.3) is 0 Å². The number of nitrogens with zero attached hydrogens (tertiary/aromatic N) is 2. The zero-order valence-corrected chi connectivity index (χ0v) is 14.9. The number of hydrogen-bond acceptors (Lipinski definition) is 3. The second-order valence-corrected chi connectivity index (χ2v) is 7.01. The van der Waals surface area contributed by atoms with Crippen molar-refractivity contribution in [1.82, 2.24) is 15.1 Å². The molecule has 0 aromatic carbocycles. The van der Waals surface area contributed by atoms with Gasteiger partial charge in [0, 0.05) is 32.6 Å². The molecule has 2 aliphatic heterocycles. The minimum atomic E-state index is 0.0230. The molecule has 0 radical (unpaired) electrons. The van der Waals surface area contributed by atoms with Gasteiger partial charge in [0.15, 0.2) is 0 Å². The van der Waals surface area contributed by atoms with E-state index in [4.69, 9.17) is 0 Å². The Bertz CT molecular complexity index is 392. The molecule has 5 heteroatoms. The highest BCUT2D eigenvalue weighted by molar-refractivity contribution is 5.81. The fraction of sp³-hybridized carbons (Fsp3) is 0.889. The smallest absolute Gasteiger partial charge is 0.227 e. The molecule has 2 rings (SSSR count). The SMILES string of the molecule is CCCC(=O)N1CCCC(C(=O)N2CCC(CNCC)CC2)C1. The van der Waals surface area contributed by atoms with Crippen molar-refractivity contribution in [2.75, 3.05) is 39.3 Å². The van der Waals surface area contributed by atoms with Crippen molar-refractivity contribution >= 4 is 11.8 Å². The summed E-state index contributed by atoms with van der Waals surface area (Å²) < 4.78 is 0. The van der Waals surface area contributed by atoms with Crippen molar-refractivity contribution in [3.8, 4) is 0 Å². The molecule has 0 aliphatic carbocycles. The predicted molar refractivity (Wildman–Crippen MR) is 92.1 cm³/mol. The van der Waals surface area contributed by atoms with Crippen molar-refractivity contribution in [3.05, 3.63) is 0 Å². The second kappa shape index (κ2) is 9.26. The summed E-state index contributed by atoms with van der Waals surface area (Å²) in [5.41, 5.74) is 0. The number of carbonyl (C=O) groups is 2. The van der Waals surface area contributed by atoms with Gasteiger partial charge in [0.25, 0.3) is 0 Å². The van der Waals surface area contributed by atoms with Gasteiger partial charge >= 0.3 is 0 Å². The first-order chi connectivity index (χ1) is 11.2. The van der Waals surface area contributed by atoms with Gasteiger partial charge in [-0.05, 0) is 51.1 Å². The molecule has 2 aliphatic rings. The quantitative estimate of drug-likeness (QED) is 0.812. The van der Waals surface area contributed by atoms with Crippen molar-refractivity contribution in [1.29, 1.82) is 0 Å². The maximum Gasteiger partial charge on any atom is 0.227 e. The van der Waals surface area contributed by atoms with Crippen LogP contribution >= 0.6 is 0 Å². The van der Waals surface area contributed by atoms with Gasteiger partial charge < -0.3 is 15.1 Å². The number of hydrogen-bond donors (Lipinski definition) is 1. The van der Waals surface area contributed by atoms with E-state index in [9.17, 15) is 9.59 Å². The molecular formula is C18H33N3O2. The number of nitrogens with one attached hydrogen (secondary N) is 1. The molecule has 1 unspecified atom stereocenters. The van der Waals surface area contributed by atoms with Gasteiger partial charge in [-0.1, -0.05) is 13.8 Å². The summed E-state index contributed by atoms with van der Waals surface area (Å²) in [6, 6.07) is 0. The first-order valence-electron chi connectivity index (χ1n) is 9.43. The van der Waals surface area contributed by atoms with Crippen LogP contribution in [0.15, 0.2) is 0 Å². The zero-order chi connectivity index (χ0) is 16.7. The van der Waals surface area contributed by atoms with Gasteiger partial charge in [0.2, 0.25) is 11.8 Å². The lowest BCUT2D eigenvalue weighted by atomic mass is 9.92. The summed E-state index contributed by atoms with van der Waals surface area (Å²) >= 11 is 0. The van der Waals surface area contributed by atoms with Crippen LogP contribution in [0.3, 0.4) is 0 Å². The molecule has 2 saturated heterocycles. The largest absolute Gasteiger partial charge is 0.342 e. The van der Waals surface area contributed by atoms with Crippen molar-refractivity contribution < 1.29 is 9.59 Å². The predicted octanol–water partition coefficient (Wildman–Crippen LogP) is 1.87. The van der Waals surface area contributed by atoms with Gasteiger partial charge in [-0.3, -0.25) is 9.59 Å². The average molecular weight is 323 g/mol. The van der Waals surface area contributed by atoms with E-state index in [1.807, 2.05) is 16.7 Å². The first kappa shape index (κ1) is 18.2. The summed E-state index contributed by atoms with van der Waals surface area (Å²) in [6.07, 6.45) is 5.59. The minimum Gasteiger partial charge on any atom is -0.342 e. The van der Waals surface area contributed by atoms with E-state index in [2.05, 4.69) is 12.2 Å². The number of carbonyl (C=O) groups excluding carboxylic acids is 2. The Balaban J connectivity index is 1.80. The molecule has 2 amide bonds. The monoisotopic (exact) mass is 323 g/mol. The number of rotatable bonds is 6. The van der Waals surface area contributed by atoms with Gasteiger partial charge in [0.1, 0.15) is 0 Å². The van der Waals surface area contributed by atoms with E-state index in [0.717, 1.165) is 64.8 Å². The zero-order valence-electron chi connectivity index (χ0n) is 14.9. The summed E-state index contributed by atoms with van der Waals surface area (Å²) in [4.78, 5) is 28.8. The third-order valence-corrected chi connectivity index (χ3v) is 5.20. The molecule has 2 fully saturated rings. The lowest BCUT2D eigenvalue weighted by molar-refractivity contribution is -0.141. The van der Waals surface area contributed by atoms with Gasteiger partial charge in [-0.15, -0.1) is 0 Å². The molecule has 1 N–H and O–H groups in total. The van der Waals surface area contributed by atoms with Crippen LogP contribution in [0, 0.1) is 11.8 Å². The molecule has 0 aromatic rings. The molecule has 2 heterocycles. The molecule has 132 valence electrons. The van der Waals surface area contributed by atoms with E-state index < -0.39 is 0 Å². The average Bonchev–Trinajstić information content (AvgIpc) is 2.60. The van der Waals surface area contributed by atoms with Crippen LogP contribution in [0.5, 0.6) is 0 Å². The maximum atomic E-state index is 12.8. The molecule has 5 nitrogen and oxygen atoms in total. The normalized spacial score (nSPS) is 23.1. The Morgan fingerprint density at radius 3 is 2.43 bits per heavy atom. The summed E-state index contributed by atoms with van der Waals surface area (Å²) in [5.74, 6) is 1.22. The van der Waals surface area contributed by atoms with E-state index >= 15 is 0 Å². The molecular weight excluding hydrogens is 290 g/mol. The third kappa shape index (κ3) is 5.20. The van der Waals surface area contributed by atoms with Gasteiger partial charge in [0.05, 0.1) is 5.92 Å². The number of likely N-dealkylation sites (tertiary alicyclic amines) is 2. The molecule has 0 bridgehead atoms. The summed E-state index contributed by atoms with van der Waals surface area (Å²) in [6.45, 7) is 9.48. The minimum absolute atomic E-state index is 0.0230. The molecule has 0 saturated carbocycles. The highest BCUT2D eigenvalue weighted by Crippen LogP contribution is 2.23. The van der Waals surface area contributed by atoms with Crippen LogP contribution in [0.4, 0.5) is 0 Å². The van der Waals surface area contributed by atoms with Crippen molar-refractivity contribution in [3.63, 3.8) is 0 Å². The van der Waals surface area contributed by atoms with Gasteiger partial charge in [-0.25, -0.2) is 0 Å². The highest BCUT2D eigenvalue weighted by Gasteiger charge is 2.32. The molecule has 0 spiro atoms. The van der Waals surface area contributed by atoms with E-state index in [1.54, 1.807) is 0 Å². The Labute approximate surface area is 140 Å². The Morgan fingerprint density at radius 1 is 1.04 bits per heavy atom. The van der Waals surface area contributed by atoms with Crippen molar-refractivity contribution in [2.45, 2.75) is 52.4 Å². The number of piperidine rings is 2. The fourth-order valence-corrected chi connectivity index (χ4v) is 3.74. The Morgan fingerprint density at radius 2 is 1.78 bits per heavy atom. The standard InChI is InChI=1S/C18H33N3O2/c1-3-6-17(22)21-10-5-7-16(14-21)18(23)20-11-8-15(9-12-20)13-19-4-2/h15-16,19H,3-14H2,1-2H3. The van der Waals surface area contributed by atoms with Crippen LogP contribution in [-0.2, 0) is 9.59 Å². The van der Waals surface area contributed by atoms with Crippen LogP contribution < -0.4 is 5.32 Å². The molecule has 23 heavy (non-hydrogen) atoms. The van der Waals surface area contributed by atoms with Crippen molar-refractivity contribution in [2.24, 2.45) is 11.8 Å². The number of amides is 2. The topological polar surface area (TPSA) is 52.7 Å². The third-order valence-electron chi connectivity index (χ3n) is 5.20. The Kier molecular flexibility index (Phi) is 7.34. The second-order valence-electron chi connectivity index (χ2n) is 7.01. The van der Waals surface area contributed by atoms with Gasteiger partial charge in [-0.2, -0.15) is 0 Å². The Hall–Kier alpha value is -1.10. The lowest BCUT2D eigenvalue weighted by Crippen LogP contribution is -2.49. The molecule has 0 aromatic heterocycles. The van der Waals surface area contributed by atoms with Crippen LogP contribution in [-0.4, -0.2) is 60.9 Å². The fourth-order valence-electron chi connectivity index (χ4n) is 3.74.